The summed E-state index contributed by atoms with van der Waals surface area (Å²) in [4.78, 5) is 4.23. The number of alkyl halides is 3. The van der Waals surface area contributed by atoms with Crippen LogP contribution in [0, 0.1) is 0 Å². The SMILES string of the molecule is NCc1nc(-c2ccc(OC(F)(F)F)cc2)cs1. The standard InChI is InChI=1S/C11H9F3N2OS/c12-11(13,14)17-8-3-1-7(2-4-8)9-6-18-10(5-15)16-9/h1-4,6H,5,15H2. The maximum absolute atomic E-state index is 12.0. The van der Waals surface area contributed by atoms with Crippen molar-refractivity contribution in [3.05, 3.63) is 34.7 Å². The van der Waals surface area contributed by atoms with E-state index in [4.69, 9.17) is 5.73 Å². The number of aromatic nitrogens is 1. The number of thiazole rings is 1. The zero-order valence-electron chi connectivity index (χ0n) is 9.07. The minimum absolute atomic E-state index is 0.250. The van der Waals surface area contributed by atoms with Crippen LogP contribution in [0.4, 0.5) is 13.2 Å². The summed E-state index contributed by atoms with van der Waals surface area (Å²) >= 11 is 1.41. The Morgan fingerprint density at radius 1 is 1.22 bits per heavy atom. The molecule has 0 unspecified atom stereocenters. The summed E-state index contributed by atoms with van der Waals surface area (Å²) in [5.74, 6) is -0.250. The zero-order valence-corrected chi connectivity index (χ0v) is 9.89. The molecule has 0 radical (unpaired) electrons. The van der Waals surface area contributed by atoms with Crippen molar-refractivity contribution in [2.45, 2.75) is 12.9 Å². The maximum Gasteiger partial charge on any atom is 0.573 e. The van der Waals surface area contributed by atoms with Crippen LogP contribution < -0.4 is 10.5 Å². The average molecular weight is 274 g/mol. The molecule has 0 spiro atoms. The molecule has 96 valence electrons. The second-order valence-corrected chi connectivity index (χ2v) is 4.35. The number of benzene rings is 1. The molecule has 7 heteroatoms. The highest BCUT2D eigenvalue weighted by Crippen LogP contribution is 2.27. The largest absolute Gasteiger partial charge is 0.573 e. The van der Waals surface area contributed by atoms with Gasteiger partial charge in [0.2, 0.25) is 0 Å². The van der Waals surface area contributed by atoms with E-state index in [2.05, 4.69) is 9.72 Å². The van der Waals surface area contributed by atoms with Gasteiger partial charge in [-0.25, -0.2) is 4.98 Å². The molecule has 0 atom stereocenters. The van der Waals surface area contributed by atoms with Crippen molar-refractivity contribution < 1.29 is 17.9 Å². The molecule has 0 aliphatic heterocycles. The van der Waals surface area contributed by atoms with Gasteiger partial charge < -0.3 is 10.5 Å². The zero-order chi connectivity index (χ0) is 13.2. The van der Waals surface area contributed by atoms with Crippen LogP contribution in [-0.4, -0.2) is 11.3 Å². The quantitative estimate of drug-likeness (QED) is 0.935. The van der Waals surface area contributed by atoms with E-state index < -0.39 is 6.36 Å². The maximum atomic E-state index is 12.0. The Morgan fingerprint density at radius 2 is 1.89 bits per heavy atom. The Bertz CT molecular complexity index is 522. The van der Waals surface area contributed by atoms with Crippen LogP contribution in [0.2, 0.25) is 0 Å². The van der Waals surface area contributed by atoms with Crippen LogP contribution >= 0.6 is 11.3 Å². The predicted octanol–water partition coefficient (Wildman–Crippen LogP) is 3.17. The third-order valence-corrected chi connectivity index (χ3v) is 2.98. The lowest BCUT2D eigenvalue weighted by atomic mass is 10.2. The third kappa shape index (κ3) is 3.21. The molecule has 2 aromatic rings. The van der Waals surface area contributed by atoms with Gasteiger partial charge >= 0.3 is 6.36 Å². The number of rotatable bonds is 3. The second kappa shape index (κ2) is 4.95. The number of nitrogens with zero attached hydrogens (tertiary/aromatic N) is 1. The predicted molar refractivity (Wildman–Crippen MR) is 62.1 cm³/mol. The average Bonchev–Trinajstić information content (AvgIpc) is 2.76. The highest BCUT2D eigenvalue weighted by Gasteiger charge is 2.30. The molecular formula is C11H9F3N2OS. The van der Waals surface area contributed by atoms with E-state index in [9.17, 15) is 13.2 Å². The molecular weight excluding hydrogens is 265 g/mol. The highest BCUT2D eigenvalue weighted by atomic mass is 32.1. The van der Waals surface area contributed by atoms with Crippen LogP contribution in [0.25, 0.3) is 11.3 Å². The molecule has 0 bridgehead atoms. The van der Waals surface area contributed by atoms with Crippen LogP contribution in [0.1, 0.15) is 5.01 Å². The fourth-order valence-electron chi connectivity index (χ4n) is 1.36. The molecule has 0 saturated carbocycles. The fraction of sp³-hybridized carbons (Fsp3) is 0.182. The van der Waals surface area contributed by atoms with E-state index in [0.717, 1.165) is 10.6 Å². The molecule has 3 nitrogen and oxygen atoms in total. The first-order valence-electron chi connectivity index (χ1n) is 4.98. The number of halogens is 3. The Balaban J connectivity index is 2.17. The molecule has 0 amide bonds. The van der Waals surface area contributed by atoms with Gasteiger partial charge in [0.15, 0.2) is 0 Å². The van der Waals surface area contributed by atoms with Crippen molar-refractivity contribution >= 4 is 11.3 Å². The molecule has 1 aromatic heterocycles. The van der Waals surface area contributed by atoms with E-state index in [1.165, 1.54) is 35.6 Å². The number of ether oxygens (including phenoxy) is 1. The van der Waals surface area contributed by atoms with E-state index in [0.29, 0.717) is 12.2 Å². The topological polar surface area (TPSA) is 48.1 Å². The van der Waals surface area contributed by atoms with Crippen molar-refractivity contribution in [1.29, 1.82) is 0 Å². The highest BCUT2D eigenvalue weighted by molar-refractivity contribution is 7.09. The summed E-state index contributed by atoms with van der Waals surface area (Å²) < 4.78 is 39.7. The smallest absolute Gasteiger partial charge is 0.406 e. The van der Waals surface area contributed by atoms with Crippen LogP contribution in [-0.2, 0) is 6.54 Å². The second-order valence-electron chi connectivity index (χ2n) is 3.40. The molecule has 1 aromatic carbocycles. The lowest BCUT2D eigenvalue weighted by Crippen LogP contribution is -2.16. The first-order chi connectivity index (χ1) is 8.48. The van der Waals surface area contributed by atoms with Gasteiger partial charge in [-0.15, -0.1) is 24.5 Å². The summed E-state index contributed by atoms with van der Waals surface area (Å²) in [6.45, 7) is 0.347. The molecule has 0 aliphatic rings. The van der Waals surface area contributed by atoms with Gasteiger partial charge in [0.1, 0.15) is 10.8 Å². The van der Waals surface area contributed by atoms with Crippen molar-refractivity contribution in [3.63, 3.8) is 0 Å². The Labute approximate surface area is 105 Å². The van der Waals surface area contributed by atoms with Gasteiger partial charge in [-0.05, 0) is 24.3 Å². The summed E-state index contributed by atoms with van der Waals surface area (Å²) in [5.41, 5.74) is 6.85. The van der Waals surface area contributed by atoms with Gasteiger partial charge in [-0.2, -0.15) is 0 Å². The minimum Gasteiger partial charge on any atom is -0.406 e. The van der Waals surface area contributed by atoms with Crippen molar-refractivity contribution in [2.75, 3.05) is 0 Å². The molecule has 2 N–H and O–H groups in total. The summed E-state index contributed by atoms with van der Waals surface area (Å²) in [6.07, 6.45) is -4.67. The number of nitrogens with two attached hydrogens (primary N) is 1. The van der Waals surface area contributed by atoms with Crippen LogP contribution in [0.3, 0.4) is 0 Å². The minimum atomic E-state index is -4.67. The third-order valence-electron chi connectivity index (χ3n) is 2.11. The van der Waals surface area contributed by atoms with Crippen molar-refractivity contribution in [2.24, 2.45) is 5.73 Å². The lowest BCUT2D eigenvalue weighted by Gasteiger charge is -2.08. The molecule has 1 heterocycles. The van der Waals surface area contributed by atoms with Crippen LogP contribution in [0.15, 0.2) is 29.6 Å². The first kappa shape index (κ1) is 12.8. The monoisotopic (exact) mass is 274 g/mol. The Kier molecular flexibility index (Phi) is 3.53. The van der Waals surface area contributed by atoms with Gasteiger partial charge in [0.25, 0.3) is 0 Å². The number of hydrogen-bond donors (Lipinski definition) is 1. The first-order valence-corrected chi connectivity index (χ1v) is 5.86. The van der Waals surface area contributed by atoms with Gasteiger partial charge in [-0.3, -0.25) is 0 Å². The van der Waals surface area contributed by atoms with Crippen molar-refractivity contribution in [3.8, 4) is 17.0 Å². The Hall–Kier alpha value is -1.60. The molecule has 0 aliphatic carbocycles. The normalized spacial score (nSPS) is 11.6. The summed E-state index contributed by atoms with van der Waals surface area (Å²) in [7, 11) is 0. The number of hydrogen-bond acceptors (Lipinski definition) is 4. The lowest BCUT2D eigenvalue weighted by molar-refractivity contribution is -0.274. The van der Waals surface area contributed by atoms with Gasteiger partial charge in [-0.1, -0.05) is 0 Å². The van der Waals surface area contributed by atoms with Crippen LogP contribution in [0.5, 0.6) is 5.75 Å². The summed E-state index contributed by atoms with van der Waals surface area (Å²) in [6, 6.07) is 5.56. The molecule has 18 heavy (non-hydrogen) atoms. The van der Waals surface area contributed by atoms with E-state index in [1.54, 1.807) is 0 Å². The summed E-state index contributed by atoms with van der Waals surface area (Å²) in [5, 5.41) is 2.59. The molecule has 2 rings (SSSR count). The van der Waals surface area contributed by atoms with Gasteiger partial charge in [0.05, 0.1) is 5.69 Å². The van der Waals surface area contributed by atoms with E-state index >= 15 is 0 Å². The van der Waals surface area contributed by atoms with Gasteiger partial charge in [0, 0.05) is 17.5 Å². The molecule has 0 fully saturated rings. The van der Waals surface area contributed by atoms with E-state index in [1.807, 2.05) is 5.38 Å². The van der Waals surface area contributed by atoms with Crippen molar-refractivity contribution in [1.82, 2.24) is 4.98 Å². The van der Waals surface area contributed by atoms with E-state index in [-0.39, 0.29) is 5.75 Å². The molecule has 0 saturated heterocycles. The fourth-order valence-corrected chi connectivity index (χ4v) is 2.05. The Morgan fingerprint density at radius 3 is 2.39 bits per heavy atom.